The standard InChI is InChI=1S/C13H22N4/c1-3-11-10-12(4-2)16-13(15-11)17-8-5-6-14-7-9-17/h10,14H,3-9H2,1-2H3. The highest BCUT2D eigenvalue weighted by Crippen LogP contribution is 2.12. The van der Waals surface area contributed by atoms with E-state index in [1.54, 1.807) is 0 Å². The van der Waals surface area contributed by atoms with Crippen LogP contribution in [0, 0.1) is 0 Å². The summed E-state index contributed by atoms with van der Waals surface area (Å²) in [5, 5.41) is 3.41. The van der Waals surface area contributed by atoms with E-state index < -0.39 is 0 Å². The molecule has 0 aromatic carbocycles. The monoisotopic (exact) mass is 234 g/mol. The molecule has 0 aliphatic carbocycles. The van der Waals surface area contributed by atoms with Gasteiger partial charge in [-0.3, -0.25) is 0 Å². The number of hydrogen-bond donors (Lipinski definition) is 1. The van der Waals surface area contributed by atoms with Crippen molar-refractivity contribution < 1.29 is 0 Å². The smallest absolute Gasteiger partial charge is 0.225 e. The SMILES string of the molecule is CCc1cc(CC)nc(N2CCCNCC2)n1. The Kier molecular flexibility index (Phi) is 4.31. The van der Waals surface area contributed by atoms with Crippen molar-refractivity contribution >= 4 is 5.95 Å². The molecule has 1 saturated heterocycles. The van der Waals surface area contributed by atoms with Gasteiger partial charge in [-0.05, 0) is 31.9 Å². The van der Waals surface area contributed by atoms with Gasteiger partial charge < -0.3 is 10.2 Å². The van der Waals surface area contributed by atoms with Crippen molar-refractivity contribution in [1.82, 2.24) is 15.3 Å². The number of rotatable bonds is 3. The fourth-order valence-electron chi connectivity index (χ4n) is 2.09. The fraction of sp³-hybridized carbons (Fsp3) is 0.692. The molecule has 2 heterocycles. The van der Waals surface area contributed by atoms with Gasteiger partial charge in [-0.2, -0.15) is 0 Å². The Labute approximate surface area is 103 Å². The van der Waals surface area contributed by atoms with Gasteiger partial charge in [0, 0.05) is 31.0 Å². The summed E-state index contributed by atoms with van der Waals surface area (Å²) in [6.45, 7) is 8.50. The molecule has 4 nitrogen and oxygen atoms in total. The third-order valence-corrected chi connectivity index (χ3v) is 3.17. The summed E-state index contributed by atoms with van der Waals surface area (Å²) in [5.41, 5.74) is 2.31. The summed E-state index contributed by atoms with van der Waals surface area (Å²) in [7, 11) is 0. The summed E-state index contributed by atoms with van der Waals surface area (Å²) >= 11 is 0. The van der Waals surface area contributed by atoms with Gasteiger partial charge in [0.05, 0.1) is 0 Å². The highest BCUT2D eigenvalue weighted by Gasteiger charge is 2.13. The van der Waals surface area contributed by atoms with Crippen molar-refractivity contribution in [3.63, 3.8) is 0 Å². The topological polar surface area (TPSA) is 41.1 Å². The minimum Gasteiger partial charge on any atom is -0.339 e. The highest BCUT2D eigenvalue weighted by molar-refractivity contribution is 5.33. The molecule has 0 spiro atoms. The predicted octanol–water partition coefficient (Wildman–Crippen LogP) is 1.40. The Morgan fingerprint density at radius 2 is 1.82 bits per heavy atom. The predicted molar refractivity (Wildman–Crippen MR) is 70.5 cm³/mol. The first-order valence-corrected chi connectivity index (χ1v) is 6.66. The lowest BCUT2D eigenvalue weighted by molar-refractivity contribution is 0.724. The number of aryl methyl sites for hydroxylation is 2. The largest absolute Gasteiger partial charge is 0.339 e. The normalized spacial score (nSPS) is 16.9. The second kappa shape index (κ2) is 5.96. The molecule has 1 aromatic heterocycles. The quantitative estimate of drug-likeness (QED) is 0.858. The first-order valence-electron chi connectivity index (χ1n) is 6.66. The van der Waals surface area contributed by atoms with E-state index in [0.29, 0.717) is 0 Å². The van der Waals surface area contributed by atoms with Crippen molar-refractivity contribution in [2.75, 3.05) is 31.1 Å². The molecule has 0 radical (unpaired) electrons. The summed E-state index contributed by atoms with van der Waals surface area (Å²) in [6, 6.07) is 2.12. The molecule has 2 rings (SSSR count). The molecule has 1 fully saturated rings. The molecule has 1 aromatic rings. The zero-order valence-electron chi connectivity index (χ0n) is 10.9. The van der Waals surface area contributed by atoms with Gasteiger partial charge >= 0.3 is 0 Å². The lowest BCUT2D eigenvalue weighted by Crippen LogP contribution is -2.30. The fourth-order valence-corrected chi connectivity index (χ4v) is 2.09. The average Bonchev–Trinajstić information content (AvgIpc) is 2.67. The maximum absolute atomic E-state index is 4.65. The third-order valence-electron chi connectivity index (χ3n) is 3.17. The minimum atomic E-state index is 0.921. The van der Waals surface area contributed by atoms with Crippen molar-refractivity contribution in [2.45, 2.75) is 33.1 Å². The third kappa shape index (κ3) is 3.16. The van der Waals surface area contributed by atoms with Gasteiger partial charge in [-0.25, -0.2) is 9.97 Å². The molecule has 1 aliphatic heterocycles. The molecule has 94 valence electrons. The van der Waals surface area contributed by atoms with Crippen LogP contribution in [-0.2, 0) is 12.8 Å². The van der Waals surface area contributed by atoms with E-state index >= 15 is 0 Å². The molecule has 4 heteroatoms. The Morgan fingerprint density at radius 3 is 2.47 bits per heavy atom. The van der Waals surface area contributed by atoms with Crippen LogP contribution in [0.1, 0.15) is 31.7 Å². The van der Waals surface area contributed by atoms with Crippen LogP contribution in [0.2, 0.25) is 0 Å². The number of nitrogens with one attached hydrogen (secondary N) is 1. The van der Waals surface area contributed by atoms with E-state index in [-0.39, 0.29) is 0 Å². The van der Waals surface area contributed by atoms with Gasteiger partial charge in [0.15, 0.2) is 0 Å². The number of aromatic nitrogens is 2. The van der Waals surface area contributed by atoms with Crippen LogP contribution in [0.3, 0.4) is 0 Å². The van der Waals surface area contributed by atoms with Crippen LogP contribution in [0.15, 0.2) is 6.07 Å². The first-order chi connectivity index (χ1) is 8.33. The molecule has 1 aliphatic rings. The minimum absolute atomic E-state index is 0.921. The summed E-state index contributed by atoms with van der Waals surface area (Å²) < 4.78 is 0. The molecule has 17 heavy (non-hydrogen) atoms. The number of anilines is 1. The number of nitrogens with zero attached hydrogens (tertiary/aromatic N) is 3. The Balaban J connectivity index is 2.22. The molecule has 0 atom stereocenters. The van der Waals surface area contributed by atoms with Crippen molar-refractivity contribution in [1.29, 1.82) is 0 Å². The molecule has 0 unspecified atom stereocenters. The second-order valence-electron chi connectivity index (χ2n) is 4.45. The van der Waals surface area contributed by atoms with E-state index in [1.807, 2.05) is 0 Å². The lowest BCUT2D eigenvalue weighted by atomic mass is 10.2. The number of hydrogen-bond acceptors (Lipinski definition) is 4. The van der Waals surface area contributed by atoms with Gasteiger partial charge in [0.25, 0.3) is 0 Å². The Morgan fingerprint density at radius 1 is 1.12 bits per heavy atom. The van der Waals surface area contributed by atoms with E-state index in [0.717, 1.165) is 56.4 Å². The molecular formula is C13H22N4. The maximum Gasteiger partial charge on any atom is 0.225 e. The van der Waals surface area contributed by atoms with E-state index in [2.05, 4.69) is 40.1 Å². The molecule has 0 amide bonds. The van der Waals surface area contributed by atoms with Crippen LogP contribution in [-0.4, -0.2) is 36.1 Å². The van der Waals surface area contributed by atoms with Crippen molar-refractivity contribution in [3.8, 4) is 0 Å². The van der Waals surface area contributed by atoms with Gasteiger partial charge in [-0.15, -0.1) is 0 Å². The summed E-state index contributed by atoms with van der Waals surface area (Å²) in [5.74, 6) is 0.921. The summed E-state index contributed by atoms with van der Waals surface area (Å²) in [6.07, 6.45) is 3.13. The van der Waals surface area contributed by atoms with Gasteiger partial charge in [0.2, 0.25) is 5.95 Å². The zero-order valence-corrected chi connectivity index (χ0v) is 10.9. The van der Waals surface area contributed by atoms with Crippen molar-refractivity contribution in [3.05, 3.63) is 17.5 Å². The van der Waals surface area contributed by atoms with E-state index in [1.165, 1.54) is 6.42 Å². The lowest BCUT2D eigenvalue weighted by Gasteiger charge is -2.20. The first kappa shape index (κ1) is 12.3. The average molecular weight is 234 g/mol. The molecule has 0 saturated carbocycles. The van der Waals surface area contributed by atoms with Crippen LogP contribution in [0.25, 0.3) is 0 Å². The van der Waals surface area contributed by atoms with Crippen LogP contribution in [0.5, 0.6) is 0 Å². The van der Waals surface area contributed by atoms with Gasteiger partial charge in [0.1, 0.15) is 0 Å². The Hall–Kier alpha value is -1.16. The highest BCUT2D eigenvalue weighted by atomic mass is 15.3. The Bertz CT molecular complexity index is 334. The molecule has 1 N–H and O–H groups in total. The summed E-state index contributed by atoms with van der Waals surface area (Å²) in [4.78, 5) is 11.6. The second-order valence-corrected chi connectivity index (χ2v) is 4.45. The van der Waals surface area contributed by atoms with E-state index in [9.17, 15) is 0 Å². The zero-order chi connectivity index (χ0) is 12.1. The van der Waals surface area contributed by atoms with Crippen molar-refractivity contribution in [2.24, 2.45) is 0 Å². The van der Waals surface area contributed by atoms with Crippen LogP contribution < -0.4 is 10.2 Å². The van der Waals surface area contributed by atoms with E-state index in [4.69, 9.17) is 0 Å². The molecular weight excluding hydrogens is 212 g/mol. The maximum atomic E-state index is 4.65. The molecule has 0 bridgehead atoms. The van der Waals surface area contributed by atoms with Crippen LogP contribution >= 0.6 is 0 Å². The van der Waals surface area contributed by atoms with Crippen LogP contribution in [0.4, 0.5) is 5.95 Å². The van der Waals surface area contributed by atoms with Gasteiger partial charge in [-0.1, -0.05) is 13.8 Å².